The maximum atomic E-state index is 14.3. The van der Waals surface area contributed by atoms with Gasteiger partial charge in [0.15, 0.2) is 0 Å². The fourth-order valence-electron chi connectivity index (χ4n) is 2.20. The average Bonchev–Trinajstić information content (AvgIpc) is 2.49. The van der Waals surface area contributed by atoms with Gasteiger partial charge in [-0.05, 0) is 47.0 Å². The van der Waals surface area contributed by atoms with Crippen LogP contribution in [0.4, 0.5) is 8.78 Å². The Bertz CT molecular complexity index is 762. The van der Waals surface area contributed by atoms with Crippen LogP contribution >= 0.6 is 11.6 Å². The molecule has 0 amide bonds. The van der Waals surface area contributed by atoms with Crippen LogP contribution in [0, 0.1) is 11.6 Å². The highest BCUT2D eigenvalue weighted by molar-refractivity contribution is 6.30. The largest absolute Gasteiger partial charge is 0.207 e. The van der Waals surface area contributed by atoms with Crippen LogP contribution in [0.1, 0.15) is 0 Å². The van der Waals surface area contributed by atoms with E-state index in [1.807, 2.05) is 18.2 Å². The van der Waals surface area contributed by atoms with E-state index in [1.54, 1.807) is 30.3 Å². The summed E-state index contributed by atoms with van der Waals surface area (Å²) in [5.41, 5.74) is 2.77. The molecular formula is C18H11ClF2. The number of hydrogen-bond acceptors (Lipinski definition) is 0. The van der Waals surface area contributed by atoms with E-state index in [0.29, 0.717) is 16.1 Å². The van der Waals surface area contributed by atoms with Crippen molar-refractivity contribution in [2.75, 3.05) is 0 Å². The van der Waals surface area contributed by atoms with Crippen molar-refractivity contribution >= 4 is 11.6 Å². The van der Waals surface area contributed by atoms with Crippen LogP contribution in [0.2, 0.25) is 5.02 Å². The Balaban J connectivity index is 1.99. The lowest BCUT2D eigenvalue weighted by Gasteiger charge is -2.07. The van der Waals surface area contributed by atoms with Gasteiger partial charge < -0.3 is 0 Å². The zero-order valence-electron chi connectivity index (χ0n) is 11.0. The molecule has 0 atom stereocenters. The van der Waals surface area contributed by atoms with E-state index in [9.17, 15) is 8.78 Å². The molecule has 3 aromatic rings. The summed E-state index contributed by atoms with van der Waals surface area (Å²) in [6, 6.07) is 18.0. The van der Waals surface area contributed by atoms with Gasteiger partial charge in [0.25, 0.3) is 0 Å². The first kappa shape index (κ1) is 13.8. The Morgan fingerprint density at radius 3 is 1.81 bits per heavy atom. The van der Waals surface area contributed by atoms with Gasteiger partial charge in [0.05, 0.1) is 0 Å². The highest BCUT2D eigenvalue weighted by atomic mass is 35.5. The monoisotopic (exact) mass is 300 g/mol. The highest BCUT2D eigenvalue weighted by Gasteiger charge is 2.07. The summed E-state index contributed by atoms with van der Waals surface area (Å²) < 4.78 is 27.2. The standard InChI is InChI=1S/C18H11ClF2/c19-15-6-1-12(2-7-15)14-5-10-17(18(21)11-14)13-3-8-16(20)9-4-13/h1-11H. The maximum absolute atomic E-state index is 14.3. The molecule has 0 saturated carbocycles. The number of benzene rings is 3. The zero-order valence-corrected chi connectivity index (χ0v) is 11.7. The topological polar surface area (TPSA) is 0 Å². The normalized spacial score (nSPS) is 10.6. The van der Waals surface area contributed by atoms with Crippen LogP contribution in [0.15, 0.2) is 66.7 Å². The number of hydrogen-bond donors (Lipinski definition) is 0. The molecule has 3 aromatic carbocycles. The van der Waals surface area contributed by atoms with Crippen LogP contribution in [-0.4, -0.2) is 0 Å². The second kappa shape index (κ2) is 5.66. The van der Waals surface area contributed by atoms with E-state index in [1.165, 1.54) is 18.2 Å². The van der Waals surface area contributed by atoms with Gasteiger partial charge in [-0.3, -0.25) is 0 Å². The first-order valence-electron chi connectivity index (χ1n) is 6.45. The molecule has 3 rings (SSSR count). The minimum atomic E-state index is -0.339. The molecular weight excluding hydrogens is 290 g/mol. The number of rotatable bonds is 2. The predicted molar refractivity (Wildman–Crippen MR) is 82.2 cm³/mol. The van der Waals surface area contributed by atoms with E-state index in [4.69, 9.17) is 11.6 Å². The van der Waals surface area contributed by atoms with Crippen molar-refractivity contribution in [2.24, 2.45) is 0 Å². The van der Waals surface area contributed by atoms with Gasteiger partial charge in [0, 0.05) is 10.6 Å². The van der Waals surface area contributed by atoms with Crippen LogP contribution in [0.3, 0.4) is 0 Å². The molecule has 0 bridgehead atoms. The highest BCUT2D eigenvalue weighted by Crippen LogP contribution is 2.28. The molecule has 0 fully saturated rings. The Kier molecular flexibility index (Phi) is 3.72. The molecule has 0 spiro atoms. The van der Waals surface area contributed by atoms with Crippen molar-refractivity contribution in [3.8, 4) is 22.3 Å². The Hall–Kier alpha value is -2.19. The Morgan fingerprint density at radius 2 is 1.19 bits per heavy atom. The van der Waals surface area contributed by atoms with E-state index < -0.39 is 0 Å². The molecule has 0 saturated heterocycles. The third-order valence-electron chi connectivity index (χ3n) is 3.30. The van der Waals surface area contributed by atoms with Gasteiger partial charge >= 0.3 is 0 Å². The lowest BCUT2D eigenvalue weighted by molar-refractivity contribution is 0.626. The summed E-state index contributed by atoms with van der Waals surface area (Å²) in [4.78, 5) is 0. The van der Waals surface area contributed by atoms with Crippen LogP contribution in [-0.2, 0) is 0 Å². The maximum Gasteiger partial charge on any atom is 0.131 e. The molecule has 0 aliphatic heterocycles. The fourth-order valence-corrected chi connectivity index (χ4v) is 2.33. The van der Waals surface area contributed by atoms with Crippen LogP contribution < -0.4 is 0 Å². The predicted octanol–water partition coefficient (Wildman–Crippen LogP) is 5.95. The average molecular weight is 301 g/mol. The van der Waals surface area contributed by atoms with Crippen molar-refractivity contribution < 1.29 is 8.78 Å². The van der Waals surface area contributed by atoms with Crippen molar-refractivity contribution in [1.29, 1.82) is 0 Å². The first-order valence-corrected chi connectivity index (χ1v) is 6.83. The van der Waals surface area contributed by atoms with Crippen LogP contribution in [0.25, 0.3) is 22.3 Å². The summed E-state index contributed by atoms with van der Waals surface area (Å²) >= 11 is 5.84. The lowest BCUT2D eigenvalue weighted by Crippen LogP contribution is -1.87. The quantitative estimate of drug-likeness (QED) is 0.548. The van der Waals surface area contributed by atoms with Crippen molar-refractivity contribution in [3.05, 3.63) is 83.4 Å². The van der Waals surface area contributed by atoms with E-state index >= 15 is 0 Å². The summed E-state index contributed by atoms with van der Waals surface area (Å²) in [6.07, 6.45) is 0. The molecule has 0 unspecified atom stereocenters. The SMILES string of the molecule is Fc1ccc(-c2ccc(-c3ccc(Cl)cc3)cc2F)cc1. The van der Waals surface area contributed by atoms with Gasteiger partial charge in [-0.1, -0.05) is 48.0 Å². The second-order valence-electron chi connectivity index (χ2n) is 4.71. The fraction of sp³-hybridized carbons (Fsp3) is 0. The third kappa shape index (κ3) is 2.96. The van der Waals surface area contributed by atoms with Crippen molar-refractivity contribution in [3.63, 3.8) is 0 Å². The minimum absolute atomic E-state index is 0.336. The molecule has 0 heterocycles. The molecule has 104 valence electrons. The Labute approximate surface area is 126 Å². The lowest BCUT2D eigenvalue weighted by atomic mass is 10.00. The summed E-state index contributed by atoms with van der Waals surface area (Å²) in [5.74, 6) is -0.675. The third-order valence-corrected chi connectivity index (χ3v) is 3.55. The molecule has 3 heteroatoms. The summed E-state index contributed by atoms with van der Waals surface area (Å²) in [6.45, 7) is 0. The van der Waals surface area contributed by atoms with E-state index in [-0.39, 0.29) is 11.6 Å². The van der Waals surface area contributed by atoms with Crippen LogP contribution in [0.5, 0.6) is 0 Å². The summed E-state index contributed by atoms with van der Waals surface area (Å²) in [5, 5.41) is 0.641. The summed E-state index contributed by atoms with van der Waals surface area (Å²) in [7, 11) is 0. The van der Waals surface area contributed by atoms with Gasteiger partial charge in [-0.2, -0.15) is 0 Å². The zero-order chi connectivity index (χ0) is 14.8. The molecule has 21 heavy (non-hydrogen) atoms. The van der Waals surface area contributed by atoms with Crippen molar-refractivity contribution in [1.82, 2.24) is 0 Å². The molecule has 0 nitrogen and oxygen atoms in total. The first-order chi connectivity index (χ1) is 10.1. The molecule has 0 aromatic heterocycles. The Morgan fingerprint density at radius 1 is 0.619 bits per heavy atom. The van der Waals surface area contributed by atoms with E-state index in [2.05, 4.69) is 0 Å². The molecule has 0 radical (unpaired) electrons. The molecule has 0 aliphatic carbocycles. The van der Waals surface area contributed by atoms with Crippen molar-refractivity contribution in [2.45, 2.75) is 0 Å². The van der Waals surface area contributed by atoms with Gasteiger partial charge in [-0.15, -0.1) is 0 Å². The van der Waals surface area contributed by atoms with Gasteiger partial charge in [0.1, 0.15) is 11.6 Å². The number of halogens is 3. The smallest absolute Gasteiger partial charge is 0.131 e. The van der Waals surface area contributed by atoms with E-state index in [0.717, 1.165) is 11.1 Å². The van der Waals surface area contributed by atoms with Gasteiger partial charge in [-0.25, -0.2) is 8.78 Å². The van der Waals surface area contributed by atoms with Gasteiger partial charge in [0.2, 0.25) is 0 Å². The minimum Gasteiger partial charge on any atom is -0.207 e. The second-order valence-corrected chi connectivity index (χ2v) is 5.14. The molecule has 0 aliphatic rings. The molecule has 0 N–H and O–H groups in total.